The average Bonchev–Trinajstić information content (AvgIpc) is 2.39. The maximum atomic E-state index is 11.2. The molecule has 6 atom stereocenters. The van der Waals surface area contributed by atoms with Gasteiger partial charge in [-0.15, -0.1) is 0 Å². The first-order chi connectivity index (χ1) is 8.02. The zero-order valence-corrected chi connectivity index (χ0v) is 11.5. The van der Waals surface area contributed by atoms with Gasteiger partial charge < -0.3 is 24.7 Å². The number of phosphoric acid groups is 1. The van der Waals surface area contributed by atoms with E-state index in [1.165, 1.54) is 6.92 Å². The molecule has 4 N–H and O–H groups in total. The normalized spacial score (nSPS) is 39.2. The third-order valence-corrected chi connectivity index (χ3v) is 4.77. The Morgan fingerprint density at radius 3 is 2.17 bits per heavy atom. The van der Waals surface area contributed by atoms with Gasteiger partial charge in [0.15, 0.2) is 0 Å². The van der Waals surface area contributed by atoms with Gasteiger partial charge in [0.25, 0.3) is 0 Å². The van der Waals surface area contributed by atoms with E-state index >= 15 is 0 Å². The third kappa shape index (κ3) is 4.70. The first-order valence-electron chi connectivity index (χ1n) is 5.02. The maximum absolute atomic E-state index is 11.2. The number of aliphatic hydroxyl groups is 2. The quantitative estimate of drug-likeness (QED) is 0.491. The number of ether oxygens (including phenoxy) is 1. The van der Waals surface area contributed by atoms with Gasteiger partial charge in [0.1, 0.15) is 18.3 Å². The molecule has 0 saturated carbocycles. The van der Waals surface area contributed by atoms with Crippen molar-refractivity contribution in [1.82, 2.24) is 0 Å². The van der Waals surface area contributed by atoms with Crippen LogP contribution < -0.4 is 0 Å². The van der Waals surface area contributed by atoms with Crippen molar-refractivity contribution in [2.75, 3.05) is 13.3 Å². The summed E-state index contributed by atoms with van der Waals surface area (Å²) in [5.41, 5.74) is 0. The van der Waals surface area contributed by atoms with E-state index in [1.807, 2.05) is 0 Å². The summed E-state index contributed by atoms with van der Waals surface area (Å²) < 4.78 is 35.5. The summed E-state index contributed by atoms with van der Waals surface area (Å²) in [6, 6.07) is 0. The van der Waals surface area contributed by atoms with Crippen molar-refractivity contribution >= 4 is 15.4 Å². The van der Waals surface area contributed by atoms with Gasteiger partial charge in [0, 0.05) is 6.66 Å². The van der Waals surface area contributed by atoms with Gasteiger partial charge in [-0.25, -0.2) is 8.88 Å². The summed E-state index contributed by atoms with van der Waals surface area (Å²) >= 11 is 0. The second-order valence-electron chi connectivity index (χ2n) is 4.01. The van der Waals surface area contributed by atoms with Gasteiger partial charge in [0.05, 0.1) is 12.7 Å². The molecule has 0 aliphatic carbocycles. The molecule has 0 aromatic carbocycles. The lowest BCUT2D eigenvalue weighted by atomic mass is 10.1. The molecule has 11 heteroatoms. The Labute approximate surface area is 103 Å². The number of hydrogen-bond acceptors (Lipinski definition) is 7. The second kappa shape index (κ2) is 5.66. The van der Waals surface area contributed by atoms with Gasteiger partial charge in [-0.2, -0.15) is 0 Å². The Morgan fingerprint density at radius 2 is 1.78 bits per heavy atom. The van der Waals surface area contributed by atoms with E-state index in [0.717, 1.165) is 6.66 Å². The van der Waals surface area contributed by atoms with Crippen LogP contribution in [0.25, 0.3) is 0 Å². The monoisotopic (exact) mass is 306 g/mol. The van der Waals surface area contributed by atoms with E-state index in [1.54, 1.807) is 0 Å². The zero-order chi connectivity index (χ0) is 14.1. The van der Waals surface area contributed by atoms with E-state index in [0.29, 0.717) is 0 Å². The maximum Gasteiger partial charge on any atom is 0.479 e. The fraction of sp³-hybridized carbons (Fsp3) is 1.00. The van der Waals surface area contributed by atoms with Crippen molar-refractivity contribution in [2.24, 2.45) is 0 Å². The van der Waals surface area contributed by atoms with Gasteiger partial charge in [-0.05, 0) is 6.92 Å². The fourth-order valence-corrected chi connectivity index (χ4v) is 3.51. The van der Waals surface area contributed by atoms with Crippen molar-refractivity contribution in [2.45, 2.75) is 31.3 Å². The fourth-order valence-electron chi connectivity index (χ4n) is 1.45. The highest BCUT2D eigenvalue weighted by atomic mass is 31.3. The highest BCUT2D eigenvalue weighted by molar-refractivity contribution is 7.63. The minimum absolute atomic E-state index is 0.559. The Morgan fingerprint density at radius 1 is 1.22 bits per heavy atom. The molecule has 1 rings (SSSR count). The second-order valence-corrected chi connectivity index (χ2v) is 7.46. The topological polar surface area (TPSA) is 143 Å². The van der Waals surface area contributed by atoms with E-state index in [-0.39, 0.29) is 0 Å². The molecular weight excluding hydrogens is 290 g/mol. The molecule has 1 fully saturated rings. The van der Waals surface area contributed by atoms with E-state index in [9.17, 15) is 19.3 Å². The lowest BCUT2D eigenvalue weighted by molar-refractivity contribution is -0.0165. The average molecular weight is 306 g/mol. The zero-order valence-electron chi connectivity index (χ0n) is 9.74. The van der Waals surface area contributed by atoms with Crippen LogP contribution in [0, 0.1) is 0 Å². The number of hydrogen-bond donors (Lipinski definition) is 4. The highest BCUT2D eigenvalue weighted by Gasteiger charge is 2.42. The molecule has 0 spiro atoms. The minimum atomic E-state index is -4.72. The Bertz CT molecular complexity index is 379. The lowest BCUT2D eigenvalue weighted by Crippen LogP contribution is -2.33. The molecule has 108 valence electrons. The molecule has 0 bridgehead atoms. The van der Waals surface area contributed by atoms with E-state index < -0.39 is 46.4 Å². The lowest BCUT2D eigenvalue weighted by Gasteiger charge is -2.18. The molecule has 0 amide bonds. The van der Waals surface area contributed by atoms with Crippen LogP contribution in [0.4, 0.5) is 0 Å². The molecule has 0 aromatic heterocycles. The number of rotatable bonds is 5. The molecular formula is C7H16O9P2. The molecule has 1 aliphatic heterocycles. The summed E-state index contributed by atoms with van der Waals surface area (Å²) in [7, 11) is -8.90. The van der Waals surface area contributed by atoms with Gasteiger partial charge in [-0.3, -0.25) is 9.09 Å². The molecule has 1 aliphatic rings. The summed E-state index contributed by atoms with van der Waals surface area (Å²) in [6.07, 6.45) is -4.08. The Hall–Kier alpha value is 0.180. The van der Waals surface area contributed by atoms with Gasteiger partial charge in [0.2, 0.25) is 0 Å². The predicted molar refractivity (Wildman–Crippen MR) is 59.0 cm³/mol. The molecule has 0 aromatic rings. The molecule has 0 radical (unpaired) electrons. The van der Waals surface area contributed by atoms with Gasteiger partial charge >= 0.3 is 15.4 Å². The largest absolute Gasteiger partial charge is 0.479 e. The number of phosphoric ester groups is 1. The SMILES string of the molecule is C[C@@H]1O[C@H](COP(=O)(O)OP(C)(=O)O)C(O)[C@@H]1O. The van der Waals surface area contributed by atoms with Crippen molar-refractivity contribution in [3.05, 3.63) is 0 Å². The molecule has 18 heavy (non-hydrogen) atoms. The summed E-state index contributed by atoms with van der Waals surface area (Å²) in [5.74, 6) is 0. The van der Waals surface area contributed by atoms with Crippen LogP contribution in [0.15, 0.2) is 0 Å². The van der Waals surface area contributed by atoms with Crippen LogP contribution in [0.3, 0.4) is 0 Å². The van der Waals surface area contributed by atoms with E-state index in [4.69, 9.17) is 14.5 Å². The van der Waals surface area contributed by atoms with Crippen LogP contribution in [0.1, 0.15) is 6.92 Å². The standard InChI is InChI=1S/C7H16O9P2/c1-4-6(8)7(9)5(15-4)3-14-18(12,13)16-17(2,10)11/h4-9H,3H2,1-2H3,(H,10,11)(H,12,13)/t4-,5+,6+,7?/m0/s1. The van der Waals surface area contributed by atoms with Crippen molar-refractivity contribution in [1.29, 1.82) is 0 Å². The van der Waals surface area contributed by atoms with Crippen molar-refractivity contribution < 1.29 is 42.7 Å². The van der Waals surface area contributed by atoms with Crippen LogP contribution in [0.2, 0.25) is 0 Å². The molecule has 9 nitrogen and oxygen atoms in total. The smallest absolute Gasteiger partial charge is 0.388 e. The first kappa shape index (κ1) is 16.2. The number of aliphatic hydroxyl groups excluding tert-OH is 2. The van der Waals surface area contributed by atoms with Crippen molar-refractivity contribution in [3.8, 4) is 0 Å². The molecule has 1 saturated heterocycles. The van der Waals surface area contributed by atoms with E-state index in [2.05, 4.69) is 8.83 Å². The van der Waals surface area contributed by atoms with Crippen LogP contribution in [0.5, 0.6) is 0 Å². The third-order valence-electron chi connectivity index (χ3n) is 2.26. The van der Waals surface area contributed by atoms with Crippen LogP contribution in [-0.2, 0) is 22.7 Å². The van der Waals surface area contributed by atoms with Crippen LogP contribution >= 0.6 is 15.4 Å². The van der Waals surface area contributed by atoms with Gasteiger partial charge in [-0.1, -0.05) is 0 Å². The molecule has 3 unspecified atom stereocenters. The minimum Gasteiger partial charge on any atom is -0.388 e. The predicted octanol–water partition coefficient (Wildman–Crippen LogP) is -0.556. The summed E-state index contributed by atoms with van der Waals surface area (Å²) in [5, 5.41) is 18.9. The Balaban J connectivity index is 2.51. The van der Waals surface area contributed by atoms with Crippen molar-refractivity contribution in [3.63, 3.8) is 0 Å². The molecule has 1 heterocycles. The highest BCUT2D eigenvalue weighted by Crippen LogP contribution is 2.57. The summed E-state index contributed by atoms with van der Waals surface area (Å²) in [6.45, 7) is 1.68. The van der Waals surface area contributed by atoms with Crippen LogP contribution in [-0.4, -0.2) is 57.7 Å². The first-order valence-corrected chi connectivity index (χ1v) is 8.54. The Kier molecular flexibility index (Phi) is 5.11. The summed E-state index contributed by atoms with van der Waals surface area (Å²) in [4.78, 5) is 17.9.